The molecular weight excluding hydrogens is 276 g/mol. The van der Waals surface area contributed by atoms with Crippen LogP contribution in [-0.4, -0.2) is 42.0 Å². The first-order valence-electron chi connectivity index (χ1n) is 6.40. The summed E-state index contributed by atoms with van der Waals surface area (Å²) in [6, 6.07) is 9.67. The maximum absolute atomic E-state index is 11.0. The molecule has 6 nitrogen and oxygen atoms in total. The molecule has 0 radical (unpaired) electrons. The molecule has 2 rings (SSSR count). The van der Waals surface area contributed by atoms with Crippen LogP contribution in [0.5, 0.6) is 0 Å². The maximum atomic E-state index is 11.0. The van der Waals surface area contributed by atoms with Gasteiger partial charge in [0.1, 0.15) is 9.84 Å². The van der Waals surface area contributed by atoms with E-state index in [0.717, 1.165) is 11.4 Å². The van der Waals surface area contributed by atoms with Gasteiger partial charge in [-0.2, -0.15) is 15.0 Å². The van der Waals surface area contributed by atoms with E-state index in [4.69, 9.17) is 0 Å². The van der Waals surface area contributed by atoms with Crippen molar-refractivity contribution in [2.75, 3.05) is 18.6 Å². The van der Waals surface area contributed by atoms with Crippen molar-refractivity contribution in [1.82, 2.24) is 20.3 Å². The number of para-hydroxylation sites is 1. The Morgan fingerprint density at radius 1 is 1.25 bits per heavy atom. The van der Waals surface area contributed by atoms with Gasteiger partial charge in [-0.25, -0.2) is 8.42 Å². The fourth-order valence-electron chi connectivity index (χ4n) is 1.74. The van der Waals surface area contributed by atoms with Crippen LogP contribution in [0, 0.1) is 0 Å². The van der Waals surface area contributed by atoms with Gasteiger partial charge in [-0.3, -0.25) is 0 Å². The van der Waals surface area contributed by atoms with Crippen molar-refractivity contribution in [3.63, 3.8) is 0 Å². The molecule has 1 N–H and O–H groups in total. The molecule has 0 saturated carbocycles. The standard InChI is InChI=1S/C13H18N4O2S/c1-20(18,19)9-5-8-14-10-12-11-15-17(16-12)13-6-3-2-4-7-13/h2-4,6-7,11,14H,5,8-10H2,1H3. The minimum absolute atomic E-state index is 0.205. The van der Waals surface area contributed by atoms with Gasteiger partial charge in [0.2, 0.25) is 0 Å². The van der Waals surface area contributed by atoms with Crippen molar-refractivity contribution in [2.45, 2.75) is 13.0 Å². The van der Waals surface area contributed by atoms with Crippen LogP contribution in [0.15, 0.2) is 36.5 Å². The lowest BCUT2D eigenvalue weighted by molar-refractivity contribution is 0.593. The highest BCUT2D eigenvalue weighted by atomic mass is 32.2. The van der Waals surface area contributed by atoms with E-state index >= 15 is 0 Å². The molecular formula is C13H18N4O2S. The van der Waals surface area contributed by atoms with Crippen LogP contribution in [0.3, 0.4) is 0 Å². The fourth-order valence-corrected chi connectivity index (χ4v) is 2.41. The third-order valence-electron chi connectivity index (χ3n) is 2.70. The number of hydrogen-bond acceptors (Lipinski definition) is 5. The molecule has 0 unspecified atom stereocenters. The van der Waals surface area contributed by atoms with Crippen molar-refractivity contribution in [2.24, 2.45) is 0 Å². The van der Waals surface area contributed by atoms with Gasteiger partial charge in [-0.15, -0.1) is 0 Å². The zero-order valence-corrected chi connectivity index (χ0v) is 12.2. The quantitative estimate of drug-likeness (QED) is 0.764. The molecule has 0 aliphatic heterocycles. The summed E-state index contributed by atoms with van der Waals surface area (Å²) in [6.45, 7) is 1.22. The highest BCUT2D eigenvalue weighted by Crippen LogP contribution is 2.03. The van der Waals surface area contributed by atoms with Crippen molar-refractivity contribution < 1.29 is 8.42 Å². The Bertz CT molecular complexity index is 637. The highest BCUT2D eigenvalue weighted by molar-refractivity contribution is 7.90. The molecule has 0 amide bonds. The first kappa shape index (κ1) is 14.7. The van der Waals surface area contributed by atoms with Gasteiger partial charge in [-0.1, -0.05) is 18.2 Å². The predicted octanol–water partition coefficient (Wildman–Crippen LogP) is 0.792. The zero-order chi connectivity index (χ0) is 14.4. The summed E-state index contributed by atoms with van der Waals surface area (Å²) in [5, 5.41) is 11.7. The van der Waals surface area contributed by atoms with Crippen LogP contribution in [0.2, 0.25) is 0 Å². The molecule has 2 aromatic rings. The van der Waals surface area contributed by atoms with E-state index in [-0.39, 0.29) is 5.75 Å². The van der Waals surface area contributed by atoms with Gasteiger partial charge < -0.3 is 5.32 Å². The minimum Gasteiger partial charge on any atom is -0.311 e. The fraction of sp³-hybridized carbons (Fsp3) is 0.385. The van der Waals surface area contributed by atoms with E-state index in [1.54, 1.807) is 11.0 Å². The monoisotopic (exact) mass is 294 g/mol. The van der Waals surface area contributed by atoms with E-state index in [1.807, 2.05) is 30.3 Å². The second-order valence-electron chi connectivity index (χ2n) is 4.62. The predicted molar refractivity (Wildman–Crippen MR) is 77.4 cm³/mol. The molecule has 1 aromatic heterocycles. The summed E-state index contributed by atoms with van der Waals surface area (Å²) in [7, 11) is -2.87. The SMILES string of the molecule is CS(=O)(=O)CCCNCc1cnn(-c2ccccc2)n1. The van der Waals surface area contributed by atoms with Gasteiger partial charge >= 0.3 is 0 Å². The average molecular weight is 294 g/mol. The Hall–Kier alpha value is -1.73. The van der Waals surface area contributed by atoms with Crippen LogP contribution in [0.1, 0.15) is 12.1 Å². The second-order valence-corrected chi connectivity index (χ2v) is 6.88. The molecule has 0 spiro atoms. The number of nitrogens with zero attached hydrogens (tertiary/aromatic N) is 3. The summed E-state index contributed by atoms with van der Waals surface area (Å²) in [6.07, 6.45) is 3.56. The molecule has 0 aliphatic carbocycles. The van der Waals surface area contributed by atoms with Crippen LogP contribution >= 0.6 is 0 Å². The zero-order valence-electron chi connectivity index (χ0n) is 11.4. The van der Waals surface area contributed by atoms with Crippen molar-refractivity contribution in [3.05, 3.63) is 42.2 Å². The van der Waals surface area contributed by atoms with E-state index in [1.165, 1.54) is 6.26 Å². The van der Waals surface area contributed by atoms with Crippen LogP contribution in [0.25, 0.3) is 5.69 Å². The summed E-state index contributed by atoms with van der Waals surface area (Å²) in [4.78, 5) is 1.58. The van der Waals surface area contributed by atoms with Crippen LogP contribution < -0.4 is 5.32 Å². The third kappa shape index (κ3) is 4.75. The summed E-state index contributed by atoms with van der Waals surface area (Å²) >= 11 is 0. The van der Waals surface area contributed by atoms with Gasteiger partial charge in [-0.05, 0) is 25.1 Å². The third-order valence-corrected chi connectivity index (χ3v) is 3.73. The molecule has 7 heteroatoms. The Morgan fingerprint density at radius 3 is 2.70 bits per heavy atom. The lowest BCUT2D eigenvalue weighted by Gasteiger charge is -2.01. The number of aromatic nitrogens is 3. The summed E-state index contributed by atoms with van der Waals surface area (Å²) < 4.78 is 21.9. The van der Waals surface area contributed by atoms with Crippen molar-refractivity contribution >= 4 is 9.84 Å². The van der Waals surface area contributed by atoms with E-state index in [9.17, 15) is 8.42 Å². The lowest BCUT2D eigenvalue weighted by Crippen LogP contribution is -2.18. The largest absolute Gasteiger partial charge is 0.311 e. The number of sulfone groups is 1. The molecule has 108 valence electrons. The number of nitrogens with one attached hydrogen (secondary N) is 1. The Kier molecular flexibility index (Phi) is 4.86. The molecule has 0 atom stereocenters. The number of benzene rings is 1. The topological polar surface area (TPSA) is 76.9 Å². The lowest BCUT2D eigenvalue weighted by atomic mass is 10.3. The summed E-state index contributed by atoms with van der Waals surface area (Å²) in [5.74, 6) is 0.205. The van der Waals surface area contributed by atoms with Gasteiger partial charge in [0.15, 0.2) is 0 Å². The molecule has 1 heterocycles. The van der Waals surface area contributed by atoms with E-state index < -0.39 is 9.84 Å². The smallest absolute Gasteiger partial charge is 0.147 e. The Labute approximate surface area is 118 Å². The Balaban J connectivity index is 1.79. The highest BCUT2D eigenvalue weighted by Gasteiger charge is 2.03. The molecule has 0 saturated heterocycles. The molecule has 0 bridgehead atoms. The second kappa shape index (κ2) is 6.62. The average Bonchev–Trinajstić information content (AvgIpc) is 2.87. The van der Waals surface area contributed by atoms with Crippen molar-refractivity contribution in [1.29, 1.82) is 0 Å². The molecule has 0 aliphatic rings. The van der Waals surface area contributed by atoms with Crippen molar-refractivity contribution in [3.8, 4) is 5.69 Å². The van der Waals surface area contributed by atoms with Crippen LogP contribution in [-0.2, 0) is 16.4 Å². The van der Waals surface area contributed by atoms with Gasteiger partial charge in [0, 0.05) is 12.8 Å². The molecule has 1 aromatic carbocycles. The van der Waals surface area contributed by atoms with E-state index in [2.05, 4.69) is 15.5 Å². The minimum atomic E-state index is -2.87. The normalized spacial score (nSPS) is 11.7. The first-order valence-corrected chi connectivity index (χ1v) is 8.46. The first-order chi connectivity index (χ1) is 9.54. The maximum Gasteiger partial charge on any atom is 0.147 e. The Morgan fingerprint density at radius 2 is 2.00 bits per heavy atom. The molecule has 0 fully saturated rings. The van der Waals surface area contributed by atoms with E-state index in [0.29, 0.717) is 19.5 Å². The molecule has 20 heavy (non-hydrogen) atoms. The van der Waals surface area contributed by atoms with Gasteiger partial charge in [0.25, 0.3) is 0 Å². The number of hydrogen-bond donors (Lipinski definition) is 1. The summed E-state index contributed by atoms with van der Waals surface area (Å²) in [5.41, 5.74) is 1.74. The van der Waals surface area contributed by atoms with Gasteiger partial charge in [0.05, 0.1) is 23.3 Å². The van der Waals surface area contributed by atoms with Crippen LogP contribution in [0.4, 0.5) is 0 Å². The number of rotatable bonds is 7.